The smallest absolute Gasteiger partial charge is 0.241 e. The molecule has 2 aromatic carbocycles. The first-order chi connectivity index (χ1) is 11.5. The second kappa shape index (κ2) is 5.73. The van der Waals surface area contributed by atoms with Gasteiger partial charge in [0.2, 0.25) is 10.0 Å². The monoisotopic (exact) mass is 343 g/mol. The molecule has 0 aliphatic carbocycles. The van der Waals surface area contributed by atoms with Crippen molar-refractivity contribution in [3.63, 3.8) is 0 Å². The number of fused-ring (bicyclic) bond motifs is 2. The molecule has 2 heterocycles. The lowest BCUT2D eigenvalue weighted by Gasteiger charge is -2.32. The highest BCUT2D eigenvalue weighted by molar-refractivity contribution is 7.89. The van der Waals surface area contributed by atoms with Crippen molar-refractivity contribution >= 4 is 16.1 Å². The summed E-state index contributed by atoms with van der Waals surface area (Å²) in [7, 11) is -3.61. The molecule has 2 aliphatic heterocycles. The van der Waals surface area contributed by atoms with Crippen molar-refractivity contribution in [3.8, 4) is 5.75 Å². The van der Waals surface area contributed by atoms with Gasteiger partial charge in [-0.25, -0.2) is 13.1 Å². The first-order valence-electron chi connectivity index (χ1n) is 7.75. The molecule has 0 amide bonds. The number of aliphatic hydroxyl groups is 1. The number of rotatable bonds is 2. The summed E-state index contributed by atoms with van der Waals surface area (Å²) in [5.41, 5.74) is 2.35. The Morgan fingerprint density at radius 1 is 1.12 bits per heavy atom. The van der Waals surface area contributed by atoms with Crippen LogP contribution in [-0.4, -0.2) is 26.2 Å². The molecule has 0 fully saturated rings. The average Bonchev–Trinajstić information content (AvgIpc) is 2.59. The largest absolute Gasteiger partial charge is 0.489 e. The summed E-state index contributed by atoms with van der Waals surface area (Å²) in [5, 5.41) is 10.6. The molecule has 0 saturated carbocycles. The fraction of sp³-hybridized carbons (Fsp3) is 0.222. The lowest BCUT2D eigenvalue weighted by Crippen LogP contribution is -2.44. The van der Waals surface area contributed by atoms with Gasteiger partial charge in [-0.05, 0) is 30.2 Å². The van der Waals surface area contributed by atoms with E-state index in [1.807, 2.05) is 30.3 Å². The molecule has 0 saturated heterocycles. The zero-order valence-electron chi connectivity index (χ0n) is 12.8. The lowest BCUT2D eigenvalue weighted by atomic mass is 9.95. The van der Waals surface area contributed by atoms with Crippen molar-refractivity contribution in [2.24, 2.45) is 0 Å². The molecule has 4 rings (SSSR count). The normalized spacial score (nSPS) is 24.3. The number of benzene rings is 2. The van der Waals surface area contributed by atoms with Gasteiger partial charge in [-0.15, -0.1) is 0 Å². The van der Waals surface area contributed by atoms with E-state index in [0.29, 0.717) is 18.6 Å². The molecule has 0 bridgehead atoms. The third-order valence-electron chi connectivity index (χ3n) is 4.39. The van der Waals surface area contributed by atoms with Crippen molar-refractivity contribution in [2.45, 2.75) is 23.5 Å². The van der Waals surface area contributed by atoms with Crippen LogP contribution in [0.3, 0.4) is 0 Å². The van der Waals surface area contributed by atoms with Gasteiger partial charge in [0.25, 0.3) is 0 Å². The van der Waals surface area contributed by atoms with Crippen LogP contribution < -0.4 is 9.46 Å². The summed E-state index contributed by atoms with van der Waals surface area (Å²) in [6.07, 6.45) is 1.51. The predicted molar refractivity (Wildman–Crippen MR) is 90.0 cm³/mol. The zero-order valence-corrected chi connectivity index (χ0v) is 13.7. The Balaban J connectivity index is 1.64. The van der Waals surface area contributed by atoms with Crippen molar-refractivity contribution in [1.29, 1.82) is 0 Å². The lowest BCUT2D eigenvalue weighted by molar-refractivity contribution is 0.130. The van der Waals surface area contributed by atoms with Crippen LogP contribution in [0.5, 0.6) is 5.75 Å². The maximum atomic E-state index is 12.4. The molecular formula is C18H17NO4S. The van der Waals surface area contributed by atoms with Gasteiger partial charge in [0.15, 0.2) is 0 Å². The van der Waals surface area contributed by atoms with Crippen LogP contribution in [0.2, 0.25) is 0 Å². The van der Waals surface area contributed by atoms with Gasteiger partial charge in [0, 0.05) is 11.1 Å². The quantitative estimate of drug-likeness (QED) is 0.877. The Hall–Kier alpha value is -2.15. The molecule has 124 valence electrons. The van der Waals surface area contributed by atoms with E-state index in [1.165, 1.54) is 6.07 Å². The summed E-state index contributed by atoms with van der Waals surface area (Å²) in [6.45, 7) is 0.392. The molecule has 0 aromatic heterocycles. The van der Waals surface area contributed by atoms with Crippen LogP contribution in [-0.2, 0) is 10.0 Å². The van der Waals surface area contributed by atoms with E-state index in [9.17, 15) is 13.5 Å². The number of nitrogens with one attached hydrogen (secondary N) is 1. The van der Waals surface area contributed by atoms with Crippen molar-refractivity contribution in [3.05, 3.63) is 65.2 Å². The van der Waals surface area contributed by atoms with E-state index in [2.05, 4.69) is 4.72 Å². The van der Waals surface area contributed by atoms with Gasteiger partial charge in [0.1, 0.15) is 12.4 Å². The van der Waals surface area contributed by atoms with E-state index < -0.39 is 22.2 Å². The van der Waals surface area contributed by atoms with Gasteiger partial charge in [-0.2, -0.15) is 0 Å². The summed E-state index contributed by atoms with van der Waals surface area (Å²) >= 11 is 0. The van der Waals surface area contributed by atoms with Gasteiger partial charge in [-0.1, -0.05) is 36.4 Å². The van der Waals surface area contributed by atoms with Crippen molar-refractivity contribution in [2.75, 3.05) is 6.61 Å². The Bertz CT molecular complexity index is 920. The SMILES string of the molecule is O=S1(=O)N[C@@H](CC2=Cc3ccccc3OC2)[C@H](O)c2ccccc21. The average molecular weight is 343 g/mol. The van der Waals surface area contributed by atoms with Crippen LogP contribution in [0.25, 0.3) is 6.08 Å². The molecule has 2 aromatic rings. The predicted octanol–water partition coefficient (Wildman–Crippen LogP) is 2.25. The Morgan fingerprint density at radius 3 is 2.75 bits per heavy atom. The summed E-state index contributed by atoms with van der Waals surface area (Å²) in [4.78, 5) is 0.146. The van der Waals surface area contributed by atoms with Crippen LogP contribution in [0.4, 0.5) is 0 Å². The minimum Gasteiger partial charge on any atom is -0.489 e. The summed E-state index contributed by atoms with van der Waals surface area (Å²) in [6, 6.07) is 13.6. The molecule has 2 N–H and O–H groups in total. The topological polar surface area (TPSA) is 75.6 Å². The first kappa shape index (κ1) is 15.4. The van der Waals surface area contributed by atoms with Crippen molar-refractivity contribution in [1.82, 2.24) is 4.72 Å². The van der Waals surface area contributed by atoms with Crippen LogP contribution >= 0.6 is 0 Å². The third-order valence-corrected chi connectivity index (χ3v) is 5.95. The summed E-state index contributed by atoms with van der Waals surface area (Å²) in [5.74, 6) is 0.816. The number of ether oxygens (including phenoxy) is 1. The van der Waals surface area contributed by atoms with E-state index in [-0.39, 0.29) is 4.90 Å². The molecule has 0 spiro atoms. The van der Waals surface area contributed by atoms with E-state index in [1.54, 1.807) is 18.2 Å². The van der Waals surface area contributed by atoms with Gasteiger partial charge >= 0.3 is 0 Å². The zero-order chi connectivity index (χ0) is 16.7. The maximum Gasteiger partial charge on any atom is 0.241 e. The minimum atomic E-state index is -3.61. The highest BCUT2D eigenvalue weighted by atomic mass is 32.2. The second-order valence-electron chi connectivity index (χ2n) is 6.04. The molecule has 6 heteroatoms. The number of sulfonamides is 1. The molecular weight excluding hydrogens is 326 g/mol. The number of hydrogen-bond acceptors (Lipinski definition) is 4. The van der Waals surface area contributed by atoms with E-state index in [4.69, 9.17) is 4.74 Å². The van der Waals surface area contributed by atoms with Gasteiger partial charge < -0.3 is 9.84 Å². The molecule has 5 nitrogen and oxygen atoms in total. The maximum absolute atomic E-state index is 12.4. The van der Waals surface area contributed by atoms with Crippen molar-refractivity contribution < 1.29 is 18.3 Å². The number of hydrogen-bond donors (Lipinski definition) is 2. The second-order valence-corrected chi connectivity index (χ2v) is 7.73. The minimum absolute atomic E-state index is 0.146. The number of para-hydroxylation sites is 1. The highest BCUT2D eigenvalue weighted by Gasteiger charge is 2.36. The van der Waals surface area contributed by atoms with E-state index in [0.717, 1.165) is 16.9 Å². The molecule has 2 aliphatic rings. The standard InChI is InChI=1S/C18H17NO4S/c20-18-14-6-2-4-8-17(14)24(21,22)19-15(18)10-12-9-13-5-1-3-7-16(13)23-11-12/h1-9,15,18-20H,10-11H2/t15-,18+/m0/s1. The van der Waals surface area contributed by atoms with Crippen LogP contribution in [0, 0.1) is 0 Å². The fourth-order valence-electron chi connectivity index (χ4n) is 3.23. The van der Waals surface area contributed by atoms with Crippen LogP contribution in [0.15, 0.2) is 59.0 Å². The first-order valence-corrected chi connectivity index (χ1v) is 9.23. The number of aliphatic hydroxyl groups excluding tert-OH is 1. The Morgan fingerprint density at radius 2 is 1.88 bits per heavy atom. The highest BCUT2D eigenvalue weighted by Crippen LogP contribution is 2.34. The fourth-order valence-corrected chi connectivity index (χ4v) is 4.73. The van der Waals surface area contributed by atoms with Gasteiger partial charge in [0.05, 0.1) is 17.0 Å². The van der Waals surface area contributed by atoms with Gasteiger partial charge in [-0.3, -0.25) is 0 Å². The third kappa shape index (κ3) is 2.62. The molecule has 24 heavy (non-hydrogen) atoms. The Labute approximate surface area is 140 Å². The molecule has 2 atom stereocenters. The van der Waals surface area contributed by atoms with Crippen LogP contribution in [0.1, 0.15) is 23.7 Å². The molecule has 0 radical (unpaired) electrons. The van der Waals surface area contributed by atoms with E-state index >= 15 is 0 Å². The Kier molecular flexibility index (Phi) is 3.68. The summed E-state index contributed by atoms with van der Waals surface area (Å²) < 4.78 is 33.1. The molecule has 0 unspecified atom stereocenters.